The summed E-state index contributed by atoms with van der Waals surface area (Å²) in [5.74, 6) is -19.4. The number of nitrogens with one attached hydrogen (secondary N) is 2. The van der Waals surface area contributed by atoms with Gasteiger partial charge in [-0.3, -0.25) is 9.59 Å². The van der Waals surface area contributed by atoms with Crippen LogP contribution in [0.25, 0.3) is 0 Å². The van der Waals surface area contributed by atoms with E-state index in [2.05, 4.69) is 15.6 Å². The van der Waals surface area contributed by atoms with Gasteiger partial charge in [0.05, 0.1) is 109 Å². The Balaban J connectivity index is 0.845. The first-order valence-electron chi connectivity index (χ1n) is 42.9. The van der Waals surface area contributed by atoms with Crippen molar-refractivity contribution in [3.05, 3.63) is 0 Å². The minimum absolute atomic E-state index is 0.0107. The van der Waals surface area contributed by atoms with Crippen molar-refractivity contribution < 1.29 is 283 Å². The molecule has 10 aliphatic heterocycles. The number of aliphatic hydroxyl groups is 32. The lowest BCUT2D eigenvalue weighted by molar-refractivity contribution is -0.385. The summed E-state index contributed by atoms with van der Waals surface area (Å²) in [6.07, 6.45) is -102. The first-order valence-corrected chi connectivity index (χ1v) is 42.9. The van der Waals surface area contributed by atoms with E-state index in [0.717, 1.165) is 13.8 Å². The molecule has 10 heterocycles. The van der Waals surface area contributed by atoms with Crippen LogP contribution in [-0.2, 0) is 109 Å². The maximum Gasteiger partial charge on any atom is 0.367 e. The molecule has 1 saturated carbocycles. The van der Waals surface area contributed by atoms with Gasteiger partial charge in [0, 0.05) is 45.1 Å². The number of rotatable bonds is 38. The highest BCUT2D eigenvalue weighted by molar-refractivity contribution is 5.78. The molecule has 2 amide bonds. The third-order valence-corrected chi connectivity index (χ3v) is 25.7. The number of aliphatic carboxylic acids is 2. The summed E-state index contributed by atoms with van der Waals surface area (Å²) < 4.78 is 112. The molecule has 1 aliphatic carbocycles. The lowest BCUT2D eigenvalue weighted by Gasteiger charge is -2.51. The topological polar surface area (TPSA) is 968 Å². The van der Waals surface area contributed by atoms with E-state index >= 15 is 0 Å². The Morgan fingerprint density at radius 2 is 0.741 bits per heavy atom. The molecule has 9 saturated heterocycles. The number of fused-ring (bicyclic) bond motifs is 1. The third kappa shape index (κ3) is 22.6. The average molecular weight is 1980 g/mol. The van der Waals surface area contributed by atoms with Gasteiger partial charge in [0.25, 0.3) is 11.6 Å². The molecule has 0 aromatic carbocycles. The van der Waals surface area contributed by atoms with Crippen LogP contribution >= 0.6 is 0 Å². The molecule has 780 valence electrons. The number of ether oxygens (including phenoxy) is 19. The Morgan fingerprint density at radius 1 is 0.370 bits per heavy atom. The van der Waals surface area contributed by atoms with E-state index in [-0.39, 0.29) is 5.90 Å². The van der Waals surface area contributed by atoms with E-state index in [0.29, 0.717) is 0 Å². The summed E-state index contributed by atoms with van der Waals surface area (Å²) in [7, 11) is 0. The zero-order valence-electron chi connectivity index (χ0n) is 71.8. The zero-order chi connectivity index (χ0) is 99.7. The second-order valence-corrected chi connectivity index (χ2v) is 34.5. The number of carboxylic acids is 2. The van der Waals surface area contributed by atoms with Crippen LogP contribution in [0, 0.1) is 17.8 Å². The van der Waals surface area contributed by atoms with E-state index in [1.807, 2.05) is 0 Å². The standard InChI is InChI=1S/C75H123N3O57/c1-17(88)76-35-47(101)58(130-68-54(108)50(104)44(98)31(127-68)15-118-74(72(113)114)63(111)33(39(93)21(90)6-80)41(95)25(9-83)134-74)28(12-86)124-66(35)129-57-23(4-20(5-79)38(92)52(57)106)121-61-46(100)30(126-70(56(61)110)132-60-27(11-85)123-65-37(49(60)103)78-19(3)120-65)14-117-71-62(53(107)43(97)24(8-82)122-71)133-67-36(77-18(2)89)48(102)59(29(13-87)125-67)131-69-55(109)51(105)45(99)32(128-69)16-119-75(73(115)116)64(112)34(40(94)22(91)7-81)42(96)26(10-84)135-75/h20-71,79-87,90-112H,4-16H2,1-3H3,(H,76,88)(H,77,89)(H,113,114)(H,115,116)/t20-,21-,22-,23+,24?,25-,26-,27?,28?,29?,30?,31?,32?,33?,34?,35?,36?,37?,38-,39?,40?,41-,42-,43+,44+,45+,46+,47-,48-,49-,50+,51+,52?,53+,54?,55?,56?,57?,58+,59+,60+,61+,62?,63?,64?,65-,66+,67+,68+,69+,70+,71-,74+,75+/m1/s1. The lowest BCUT2D eigenvalue weighted by atomic mass is 9.78. The van der Waals surface area contributed by atoms with Crippen LogP contribution in [0.5, 0.6) is 0 Å². The number of aliphatic imine (C=N–C) groups is 1. The second kappa shape index (κ2) is 46.8. The molecule has 0 aromatic rings. The normalized spacial score (nSPS) is 48.5. The van der Waals surface area contributed by atoms with Crippen molar-refractivity contribution in [1.29, 1.82) is 0 Å². The van der Waals surface area contributed by atoms with Crippen LogP contribution in [-0.4, -0.2) is 594 Å². The molecule has 11 rings (SSSR count). The molecule has 10 fully saturated rings. The van der Waals surface area contributed by atoms with Gasteiger partial charge in [0.2, 0.25) is 18.1 Å². The summed E-state index contributed by atoms with van der Waals surface area (Å²) in [5, 5.41) is 382. The predicted molar refractivity (Wildman–Crippen MR) is 412 cm³/mol. The average Bonchev–Trinajstić information content (AvgIpc) is 1.70. The van der Waals surface area contributed by atoms with Crippen molar-refractivity contribution >= 4 is 29.7 Å². The Labute approximate surface area is 761 Å². The Morgan fingerprint density at radius 3 is 1.15 bits per heavy atom. The van der Waals surface area contributed by atoms with Gasteiger partial charge in [0.1, 0.15) is 220 Å². The van der Waals surface area contributed by atoms with Crippen molar-refractivity contribution in [3.8, 4) is 0 Å². The summed E-state index contributed by atoms with van der Waals surface area (Å²) in [6, 6.07) is -5.44. The van der Waals surface area contributed by atoms with Crippen LogP contribution in [0.15, 0.2) is 4.99 Å². The van der Waals surface area contributed by atoms with Crippen LogP contribution in [0.4, 0.5) is 0 Å². The largest absolute Gasteiger partial charge is 0.477 e. The fraction of sp³-hybridized carbons (Fsp3) is 0.933. The highest BCUT2D eigenvalue weighted by Crippen LogP contribution is 2.45. The molecular weight excluding hydrogens is 1850 g/mol. The van der Waals surface area contributed by atoms with Crippen LogP contribution in [0.1, 0.15) is 27.2 Å². The Hall–Kier alpha value is -4.65. The smallest absolute Gasteiger partial charge is 0.367 e. The molecule has 135 heavy (non-hydrogen) atoms. The van der Waals surface area contributed by atoms with Crippen molar-refractivity contribution in [2.45, 2.75) is 339 Å². The molecule has 0 radical (unpaired) electrons. The molecule has 36 N–H and O–H groups in total. The number of nitrogens with zero attached hydrogens (tertiary/aromatic N) is 1. The van der Waals surface area contributed by atoms with E-state index in [9.17, 15) is 193 Å². The van der Waals surface area contributed by atoms with E-state index in [4.69, 9.17) is 90.0 Å². The van der Waals surface area contributed by atoms with Gasteiger partial charge in [0.15, 0.2) is 43.6 Å². The SMILES string of the molecule is CC(=O)NC1[C@H](OC2C(O)[C@H](O)[C@@H](CO)C[C@@H]2O[C@@H]2C(O)[C@H](O[C@H]3C(CO)O[C@H]4OC(C)=NC4[C@H]3O)OC(CO[C@@H]3OC(CO)[C@H](O)[C@H](O)C3O[C@@H]3OC(CO)[C@H](O[C@@H]4OC(CO[C@]5(C(=O)O)O[C@H](CO)[C@@H](O)C(C(O)[C@H](O)CO)C5O)[C@H](O)[C@H](O)C4O)[C@H](O)C3NC(C)=O)[C@@H]2O)OC(CO)[C@H](O[C@@H]2OC(CO[C@]3(C(=O)O)O[C@H](CO)[C@@H](O)C(C(O)[C@H](O)CO)C3O)[C@H](O)[C@H](O)C2O)[C@@H]1O. The van der Waals surface area contributed by atoms with Gasteiger partial charge in [-0.05, 0) is 6.42 Å². The van der Waals surface area contributed by atoms with E-state index in [1.54, 1.807) is 0 Å². The van der Waals surface area contributed by atoms with Gasteiger partial charge in [-0.1, -0.05) is 0 Å². The predicted octanol–water partition coefficient (Wildman–Crippen LogP) is -23.5. The van der Waals surface area contributed by atoms with Crippen LogP contribution < -0.4 is 10.6 Å². The zero-order valence-corrected chi connectivity index (χ0v) is 71.8. The molecule has 60 heteroatoms. The number of amides is 2. The van der Waals surface area contributed by atoms with Gasteiger partial charge in [-0.15, -0.1) is 0 Å². The maximum atomic E-state index is 13.2. The van der Waals surface area contributed by atoms with Crippen LogP contribution in [0.3, 0.4) is 0 Å². The van der Waals surface area contributed by atoms with Crippen molar-refractivity contribution in [3.63, 3.8) is 0 Å². The number of carboxylic acid groups (broad SMARTS) is 2. The second-order valence-electron chi connectivity index (χ2n) is 34.5. The molecule has 54 atom stereocenters. The first kappa shape index (κ1) is 111. The summed E-state index contributed by atoms with van der Waals surface area (Å²) in [5.41, 5.74) is 0. The molecular formula is C75H123N3O57. The summed E-state index contributed by atoms with van der Waals surface area (Å²) >= 11 is 0. The number of hydrogen-bond donors (Lipinski definition) is 36. The van der Waals surface area contributed by atoms with Crippen molar-refractivity contribution in [2.75, 3.05) is 79.3 Å². The minimum Gasteiger partial charge on any atom is -0.477 e. The number of carbonyl (C=O) groups excluding carboxylic acids is 2. The number of hydrogen-bond acceptors (Lipinski definition) is 56. The van der Waals surface area contributed by atoms with Crippen molar-refractivity contribution in [1.82, 2.24) is 10.6 Å². The fourth-order valence-electron chi connectivity index (χ4n) is 18.3. The lowest BCUT2D eigenvalue weighted by Crippen LogP contribution is -2.71. The summed E-state index contributed by atoms with van der Waals surface area (Å²) in [4.78, 5) is 56.6. The minimum atomic E-state index is -3.48. The maximum absolute atomic E-state index is 13.2. The summed E-state index contributed by atoms with van der Waals surface area (Å²) in [6.45, 7) is -11.3. The number of carbonyl (C=O) groups is 4. The Bertz CT molecular complexity index is 3800. The van der Waals surface area contributed by atoms with Gasteiger partial charge in [-0.2, -0.15) is 0 Å². The Kier molecular flexibility index (Phi) is 38.4. The molecule has 11 aliphatic rings. The highest BCUT2D eigenvalue weighted by atomic mass is 16.8. The molecule has 0 spiro atoms. The monoisotopic (exact) mass is 1980 g/mol. The van der Waals surface area contributed by atoms with E-state index < -0.39 is 439 Å². The molecule has 0 aromatic heterocycles. The molecule has 0 bridgehead atoms. The molecule has 22 unspecified atom stereocenters. The van der Waals surface area contributed by atoms with Crippen molar-refractivity contribution in [2.24, 2.45) is 22.7 Å². The first-order chi connectivity index (χ1) is 63.7. The fourth-order valence-corrected chi connectivity index (χ4v) is 18.3. The quantitative estimate of drug-likeness (QED) is 0.0273. The van der Waals surface area contributed by atoms with E-state index in [1.165, 1.54) is 6.92 Å². The molecule has 60 nitrogen and oxygen atoms in total. The third-order valence-electron chi connectivity index (χ3n) is 25.7. The van der Waals surface area contributed by atoms with Gasteiger partial charge < -0.3 is 274 Å². The van der Waals surface area contributed by atoms with Gasteiger partial charge in [-0.25, -0.2) is 14.6 Å². The van der Waals surface area contributed by atoms with Crippen LogP contribution in [0.2, 0.25) is 0 Å². The number of aliphatic hydroxyl groups excluding tert-OH is 32. The van der Waals surface area contributed by atoms with Gasteiger partial charge >= 0.3 is 11.9 Å². The highest BCUT2D eigenvalue weighted by Gasteiger charge is 2.67.